The fraction of sp³-hybridized carbons (Fsp3) is 0.278. The second-order valence-corrected chi connectivity index (χ2v) is 6.43. The van der Waals surface area contributed by atoms with Crippen LogP contribution in [0.4, 0.5) is 10.2 Å². The zero-order valence-corrected chi connectivity index (χ0v) is 13.8. The van der Waals surface area contributed by atoms with Crippen molar-refractivity contribution in [1.29, 1.82) is 0 Å². The van der Waals surface area contributed by atoms with Crippen molar-refractivity contribution in [2.75, 3.05) is 5.32 Å². The molecular weight excluding hydrogens is 321 g/mol. The molecule has 2 N–H and O–H groups in total. The molecule has 0 unspecified atom stereocenters. The van der Waals surface area contributed by atoms with Crippen LogP contribution in [0.5, 0.6) is 0 Å². The number of benzene rings is 1. The molecule has 4 rings (SSSR count). The number of nitrogens with one attached hydrogen (secondary N) is 2. The van der Waals surface area contributed by atoms with Crippen LogP contribution in [0.1, 0.15) is 35.6 Å². The lowest BCUT2D eigenvalue weighted by molar-refractivity contribution is -0.115. The normalized spacial score (nSPS) is 13.8. The molecule has 0 atom stereocenters. The predicted octanol–water partition coefficient (Wildman–Crippen LogP) is 3.10. The number of aromatic nitrogens is 4. The van der Waals surface area contributed by atoms with E-state index in [2.05, 4.69) is 20.6 Å². The lowest BCUT2D eigenvalue weighted by atomic mass is 10.2. The number of halogens is 1. The van der Waals surface area contributed by atoms with E-state index in [0.29, 0.717) is 17.3 Å². The maximum Gasteiger partial charge on any atom is 0.230 e. The third-order valence-corrected chi connectivity index (χ3v) is 4.27. The number of amides is 1. The number of nitrogens with zero attached hydrogens (tertiary/aromatic N) is 3. The maximum absolute atomic E-state index is 13.4. The molecule has 0 bridgehead atoms. The Balaban J connectivity index is 1.41. The van der Waals surface area contributed by atoms with Crippen LogP contribution in [-0.2, 0) is 11.2 Å². The number of rotatable bonds is 5. The molecule has 1 saturated carbocycles. The van der Waals surface area contributed by atoms with E-state index >= 15 is 0 Å². The zero-order valence-electron chi connectivity index (χ0n) is 13.8. The Hall–Kier alpha value is -2.96. The summed E-state index contributed by atoms with van der Waals surface area (Å²) in [6.45, 7) is 1.71. The topological polar surface area (TPSA) is 75.6 Å². The van der Waals surface area contributed by atoms with Crippen LogP contribution in [0.2, 0.25) is 0 Å². The highest BCUT2D eigenvalue weighted by molar-refractivity contribution is 5.91. The Morgan fingerprint density at radius 2 is 2.24 bits per heavy atom. The van der Waals surface area contributed by atoms with Crippen molar-refractivity contribution in [2.24, 2.45) is 0 Å². The highest BCUT2D eigenvalue weighted by atomic mass is 19.1. The number of carbonyl (C=O) groups excluding carboxylic acids is 1. The van der Waals surface area contributed by atoms with Crippen LogP contribution in [0.25, 0.3) is 5.69 Å². The standard InChI is InChI=1S/C18H18FN5O/c1-11-6-14(4-5-15(11)19)24-10-12(9-20-24)7-18(25)21-17-8-16(22-23-17)13-2-3-13/h4-6,8-10,13H,2-3,7H2,1H3,(H2,21,22,23,25). The van der Waals surface area contributed by atoms with Gasteiger partial charge in [0.2, 0.25) is 5.91 Å². The van der Waals surface area contributed by atoms with Gasteiger partial charge in [-0.25, -0.2) is 9.07 Å². The van der Waals surface area contributed by atoms with Gasteiger partial charge < -0.3 is 5.32 Å². The Kier molecular flexibility index (Phi) is 3.83. The minimum absolute atomic E-state index is 0.138. The highest BCUT2D eigenvalue weighted by Crippen LogP contribution is 2.39. The Labute approximate surface area is 144 Å². The van der Waals surface area contributed by atoms with E-state index in [-0.39, 0.29) is 18.1 Å². The summed E-state index contributed by atoms with van der Waals surface area (Å²) in [7, 11) is 0. The largest absolute Gasteiger partial charge is 0.311 e. The van der Waals surface area contributed by atoms with E-state index < -0.39 is 0 Å². The molecule has 6 nitrogen and oxygen atoms in total. The summed E-state index contributed by atoms with van der Waals surface area (Å²) in [5, 5.41) is 14.1. The lowest BCUT2D eigenvalue weighted by Gasteiger charge is -2.03. The molecule has 1 aromatic carbocycles. The summed E-state index contributed by atoms with van der Waals surface area (Å²) in [6, 6.07) is 6.67. The van der Waals surface area contributed by atoms with E-state index in [0.717, 1.165) is 16.9 Å². The number of aromatic amines is 1. The summed E-state index contributed by atoms with van der Waals surface area (Å²) < 4.78 is 15.0. The van der Waals surface area contributed by atoms with Gasteiger partial charge in [-0.2, -0.15) is 10.2 Å². The van der Waals surface area contributed by atoms with Gasteiger partial charge in [0, 0.05) is 18.2 Å². The maximum atomic E-state index is 13.4. The number of aryl methyl sites for hydroxylation is 1. The van der Waals surface area contributed by atoms with Gasteiger partial charge in [0.1, 0.15) is 11.6 Å². The summed E-state index contributed by atoms with van der Waals surface area (Å²) in [5.41, 5.74) is 3.10. The Morgan fingerprint density at radius 3 is 3.00 bits per heavy atom. The predicted molar refractivity (Wildman–Crippen MR) is 91.2 cm³/mol. The van der Waals surface area contributed by atoms with Crippen molar-refractivity contribution >= 4 is 11.7 Å². The second-order valence-electron chi connectivity index (χ2n) is 6.43. The van der Waals surface area contributed by atoms with Gasteiger partial charge in [0.05, 0.1) is 24.0 Å². The van der Waals surface area contributed by atoms with Crippen molar-refractivity contribution in [3.05, 3.63) is 59.3 Å². The van der Waals surface area contributed by atoms with Gasteiger partial charge in [-0.3, -0.25) is 9.89 Å². The average molecular weight is 339 g/mol. The van der Waals surface area contributed by atoms with Gasteiger partial charge in [0.15, 0.2) is 0 Å². The second kappa shape index (κ2) is 6.16. The molecule has 1 fully saturated rings. The highest BCUT2D eigenvalue weighted by Gasteiger charge is 2.26. The van der Waals surface area contributed by atoms with Crippen molar-refractivity contribution in [1.82, 2.24) is 20.0 Å². The van der Waals surface area contributed by atoms with Gasteiger partial charge >= 0.3 is 0 Å². The molecule has 0 aliphatic heterocycles. The molecule has 1 amide bonds. The van der Waals surface area contributed by atoms with E-state index in [1.54, 1.807) is 36.1 Å². The molecule has 3 aromatic rings. The van der Waals surface area contributed by atoms with Crippen LogP contribution < -0.4 is 5.32 Å². The monoisotopic (exact) mass is 339 g/mol. The van der Waals surface area contributed by atoms with Gasteiger partial charge in [-0.05, 0) is 49.1 Å². The molecule has 2 heterocycles. The van der Waals surface area contributed by atoms with Crippen LogP contribution in [0, 0.1) is 12.7 Å². The summed E-state index contributed by atoms with van der Waals surface area (Å²) in [5.74, 6) is 0.772. The quantitative estimate of drug-likeness (QED) is 0.750. The number of hydrogen-bond donors (Lipinski definition) is 2. The molecule has 0 radical (unpaired) electrons. The minimum atomic E-state index is -0.249. The first-order chi connectivity index (χ1) is 12.1. The van der Waals surface area contributed by atoms with Gasteiger partial charge in [-0.1, -0.05) is 0 Å². The molecule has 1 aliphatic rings. The minimum Gasteiger partial charge on any atom is -0.311 e. The van der Waals surface area contributed by atoms with E-state index in [1.165, 1.54) is 18.9 Å². The first-order valence-electron chi connectivity index (χ1n) is 8.24. The van der Waals surface area contributed by atoms with Crippen molar-refractivity contribution in [2.45, 2.75) is 32.1 Å². The molecule has 25 heavy (non-hydrogen) atoms. The van der Waals surface area contributed by atoms with Crippen LogP contribution in [0.3, 0.4) is 0 Å². The number of H-pyrrole nitrogens is 1. The number of hydrogen-bond acceptors (Lipinski definition) is 3. The Morgan fingerprint density at radius 1 is 1.40 bits per heavy atom. The van der Waals surface area contributed by atoms with E-state index in [4.69, 9.17) is 0 Å². The smallest absolute Gasteiger partial charge is 0.230 e. The first-order valence-corrected chi connectivity index (χ1v) is 8.24. The molecular formula is C18H18FN5O. The van der Waals surface area contributed by atoms with Gasteiger partial charge in [0.25, 0.3) is 0 Å². The van der Waals surface area contributed by atoms with E-state index in [9.17, 15) is 9.18 Å². The lowest BCUT2D eigenvalue weighted by Crippen LogP contribution is -2.14. The average Bonchev–Trinajstić information content (AvgIpc) is 3.16. The van der Waals surface area contributed by atoms with Crippen molar-refractivity contribution in [3.63, 3.8) is 0 Å². The fourth-order valence-electron chi connectivity index (χ4n) is 2.73. The van der Waals surface area contributed by atoms with Crippen molar-refractivity contribution in [3.8, 4) is 5.69 Å². The summed E-state index contributed by atoms with van der Waals surface area (Å²) >= 11 is 0. The Bertz CT molecular complexity index is 925. The zero-order chi connectivity index (χ0) is 17.4. The van der Waals surface area contributed by atoms with Gasteiger partial charge in [-0.15, -0.1) is 0 Å². The SMILES string of the molecule is Cc1cc(-n2cc(CC(=O)Nc3cc(C4CC4)n[nH]3)cn2)ccc1F. The third-order valence-electron chi connectivity index (χ3n) is 4.27. The molecule has 7 heteroatoms. The number of carbonyl (C=O) groups is 1. The molecule has 2 aromatic heterocycles. The third kappa shape index (κ3) is 3.45. The fourth-order valence-corrected chi connectivity index (χ4v) is 2.73. The number of anilines is 1. The van der Waals surface area contributed by atoms with Crippen LogP contribution >= 0.6 is 0 Å². The van der Waals surface area contributed by atoms with Crippen LogP contribution in [0.15, 0.2) is 36.7 Å². The van der Waals surface area contributed by atoms with Crippen molar-refractivity contribution < 1.29 is 9.18 Å². The van der Waals surface area contributed by atoms with E-state index in [1.807, 2.05) is 6.07 Å². The first kappa shape index (κ1) is 15.6. The molecule has 0 spiro atoms. The van der Waals surface area contributed by atoms with Crippen LogP contribution in [-0.4, -0.2) is 25.9 Å². The summed E-state index contributed by atoms with van der Waals surface area (Å²) in [4.78, 5) is 12.2. The molecule has 0 saturated heterocycles. The molecule has 128 valence electrons. The summed E-state index contributed by atoms with van der Waals surface area (Å²) in [6.07, 6.45) is 5.95. The molecule has 1 aliphatic carbocycles.